The third kappa shape index (κ3) is 2.77. The molecule has 0 aliphatic heterocycles. The fraction of sp³-hybridized carbons (Fsp3) is 0.231. The maximum absolute atomic E-state index is 13.6. The van der Waals surface area contributed by atoms with E-state index in [4.69, 9.17) is 0 Å². The Bertz CT molecular complexity index is 522. The van der Waals surface area contributed by atoms with Gasteiger partial charge in [0.2, 0.25) is 0 Å². The fourth-order valence-corrected chi connectivity index (χ4v) is 2.26. The Morgan fingerprint density at radius 1 is 1.11 bits per heavy atom. The van der Waals surface area contributed by atoms with E-state index < -0.39 is 34.5 Å². The van der Waals surface area contributed by atoms with Crippen molar-refractivity contribution in [2.45, 2.75) is 11.7 Å². The average molecular weight is 274 g/mol. The van der Waals surface area contributed by atoms with Gasteiger partial charge in [0.25, 0.3) is 0 Å². The van der Waals surface area contributed by atoms with Crippen molar-refractivity contribution in [1.29, 1.82) is 0 Å². The molecule has 0 N–H and O–H groups in total. The molecule has 2 atom stereocenters. The summed E-state index contributed by atoms with van der Waals surface area (Å²) in [6, 6.07) is 3.10. The van der Waals surface area contributed by atoms with Crippen LogP contribution in [0.25, 0.3) is 0 Å². The van der Waals surface area contributed by atoms with Crippen molar-refractivity contribution in [3.8, 4) is 0 Å². The average Bonchev–Trinajstić information content (AvgIpc) is 2.25. The van der Waals surface area contributed by atoms with E-state index in [1.54, 1.807) is 0 Å². The van der Waals surface area contributed by atoms with Crippen LogP contribution in [-0.2, 0) is 6.42 Å². The van der Waals surface area contributed by atoms with Gasteiger partial charge < -0.3 is 0 Å². The summed E-state index contributed by atoms with van der Waals surface area (Å²) in [4.78, 5) is 0. The lowest BCUT2D eigenvalue weighted by Gasteiger charge is -2.22. The van der Waals surface area contributed by atoms with Crippen molar-refractivity contribution in [3.05, 3.63) is 59.2 Å². The zero-order chi connectivity index (χ0) is 13.3. The van der Waals surface area contributed by atoms with Crippen molar-refractivity contribution >= 4 is 12.6 Å². The zero-order valence-electron chi connectivity index (χ0n) is 9.21. The van der Waals surface area contributed by atoms with Gasteiger partial charge in [0.05, 0.1) is 0 Å². The second-order valence-corrected chi connectivity index (χ2v) is 4.71. The zero-order valence-corrected chi connectivity index (χ0v) is 10.1. The van der Waals surface area contributed by atoms with Gasteiger partial charge in [-0.15, -0.1) is 0 Å². The van der Waals surface area contributed by atoms with E-state index in [1.807, 2.05) is 0 Å². The SMILES string of the molecule is FC1=CC(S)C(Cc2ccc(F)cc2F)C(F)=C1. The third-order valence-electron chi connectivity index (χ3n) is 2.83. The molecular weight excluding hydrogens is 264 g/mol. The minimum atomic E-state index is -0.743. The van der Waals surface area contributed by atoms with Crippen molar-refractivity contribution in [2.24, 2.45) is 5.92 Å². The first kappa shape index (κ1) is 13.2. The van der Waals surface area contributed by atoms with Gasteiger partial charge in [-0.2, -0.15) is 12.6 Å². The minimum Gasteiger partial charge on any atom is -0.211 e. The van der Waals surface area contributed by atoms with E-state index in [9.17, 15) is 17.6 Å². The van der Waals surface area contributed by atoms with Crippen LogP contribution in [0.2, 0.25) is 0 Å². The van der Waals surface area contributed by atoms with Gasteiger partial charge >= 0.3 is 0 Å². The van der Waals surface area contributed by atoms with E-state index in [-0.39, 0.29) is 12.0 Å². The van der Waals surface area contributed by atoms with Crippen molar-refractivity contribution < 1.29 is 17.6 Å². The van der Waals surface area contributed by atoms with Crippen LogP contribution in [0.15, 0.2) is 42.0 Å². The molecular formula is C13H10F4S. The molecule has 1 aromatic carbocycles. The monoisotopic (exact) mass is 274 g/mol. The second kappa shape index (κ2) is 5.18. The van der Waals surface area contributed by atoms with Crippen molar-refractivity contribution in [3.63, 3.8) is 0 Å². The highest BCUT2D eigenvalue weighted by Crippen LogP contribution is 2.32. The molecule has 5 heteroatoms. The molecule has 0 aromatic heterocycles. The second-order valence-electron chi connectivity index (χ2n) is 4.12. The first-order chi connectivity index (χ1) is 8.47. The van der Waals surface area contributed by atoms with Gasteiger partial charge in [-0.3, -0.25) is 0 Å². The normalized spacial score (nSPS) is 23.6. The summed E-state index contributed by atoms with van der Waals surface area (Å²) in [6.45, 7) is 0. The van der Waals surface area contributed by atoms with Gasteiger partial charge in [0.1, 0.15) is 23.3 Å². The molecule has 0 bridgehead atoms. The number of hydrogen-bond acceptors (Lipinski definition) is 1. The van der Waals surface area contributed by atoms with Crippen LogP contribution in [0, 0.1) is 17.6 Å². The van der Waals surface area contributed by atoms with Gasteiger partial charge in [-0.1, -0.05) is 6.07 Å². The maximum Gasteiger partial charge on any atom is 0.129 e. The number of halogens is 4. The van der Waals surface area contributed by atoms with Gasteiger partial charge in [-0.05, 0) is 24.1 Å². The summed E-state index contributed by atoms with van der Waals surface area (Å²) in [6.07, 6.45) is 1.93. The topological polar surface area (TPSA) is 0 Å². The largest absolute Gasteiger partial charge is 0.211 e. The summed E-state index contributed by atoms with van der Waals surface area (Å²) >= 11 is 4.07. The van der Waals surface area contributed by atoms with E-state index >= 15 is 0 Å². The smallest absolute Gasteiger partial charge is 0.129 e. The third-order valence-corrected chi connectivity index (χ3v) is 3.34. The van der Waals surface area contributed by atoms with E-state index in [2.05, 4.69) is 12.6 Å². The Morgan fingerprint density at radius 2 is 1.83 bits per heavy atom. The number of benzene rings is 1. The summed E-state index contributed by atoms with van der Waals surface area (Å²) < 4.78 is 52.7. The highest BCUT2D eigenvalue weighted by molar-refractivity contribution is 7.81. The highest BCUT2D eigenvalue weighted by Gasteiger charge is 2.27. The molecule has 2 rings (SSSR count). The fourth-order valence-electron chi connectivity index (χ4n) is 1.87. The predicted molar refractivity (Wildman–Crippen MR) is 64.7 cm³/mol. The van der Waals surface area contributed by atoms with Crippen LogP contribution in [0.4, 0.5) is 17.6 Å². The highest BCUT2D eigenvalue weighted by atomic mass is 32.1. The quantitative estimate of drug-likeness (QED) is 0.608. The van der Waals surface area contributed by atoms with Crippen LogP contribution in [0.1, 0.15) is 5.56 Å². The lowest BCUT2D eigenvalue weighted by atomic mass is 9.91. The van der Waals surface area contributed by atoms with E-state index in [1.165, 1.54) is 6.07 Å². The summed E-state index contributed by atoms with van der Waals surface area (Å²) in [7, 11) is 0. The number of rotatable bonds is 2. The lowest BCUT2D eigenvalue weighted by Crippen LogP contribution is -2.20. The summed E-state index contributed by atoms with van der Waals surface area (Å²) in [5, 5.41) is -0.667. The standard InChI is InChI=1S/C13H10F4S/c14-8-2-1-7(11(16)4-8)3-10-12(17)5-9(15)6-13(10)18/h1-2,4-6,10,13,18H,3H2. The van der Waals surface area contributed by atoms with Crippen LogP contribution in [0.3, 0.4) is 0 Å². The summed E-state index contributed by atoms with van der Waals surface area (Å²) in [5.74, 6) is -3.54. The molecule has 1 aliphatic rings. The molecule has 2 unspecified atom stereocenters. The van der Waals surface area contributed by atoms with Crippen LogP contribution >= 0.6 is 12.6 Å². The predicted octanol–water partition coefficient (Wildman–Crippen LogP) is 4.14. The Kier molecular flexibility index (Phi) is 3.80. The molecule has 1 aromatic rings. The van der Waals surface area contributed by atoms with Gasteiger partial charge in [0.15, 0.2) is 0 Å². The van der Waals surface area contributed by atoms with Crippen LogP contribution in [-0.4, -0.2) is 5.25 Å². The van der Waals surface area contributed by atoms with E-state index in [0.29, 0.717) is 0 Å². The Labute approximate surface area is 107 Å². The number of hydrogen-bond donors (Lipinski definition) is 1. The van der Waals surface area contributed by atoms with Crippen molar-refractivity contribution in [1.82, 2.24) is 0 Å². The molecule has 96 valence electrons. The molecule has 0 spiro atoms. The number of thiol groups is 1. The van der Waals surface area contributed by atoms with Crippen LogP contribution < -0.4 is 0 Å². The van der Waals surface area contributed by atoms with Gasteiger partial charge in [-0.25, -0.2) is 17.6 Å². The first-order valence-corrected chi connectivity index (χ1v) is 5.85. The Balaban J connectivity index is 2.22. The molecule has 0 radical (unpaired) electrons. The van der Waals surface area contributed by atoms with E-state index in [0.717, 1.165) is 24.3 Å². The molecule has 0 nitrogen and oxygen atoms in total. The van der Waals surface area contributed by atoms with Crippen LogP contribution in [0.5, 0.6) is 0 Å². The maximum atomic E-state index is 13.6. The molecule has 0 heterocycles. The molecule has 0 saturated heterocycles. The molecule has 1 aliphatic carbocycles. The Morgan fingerprint density at radius 3 is 2.44 bits per heavy atom. The minimum absolute atomic E-state index is 0.00634. The van der Waals surface area contributed by atoms with Gasteiger partial charge in [0, 0.05) is 23.3 Å². The van der Waals surface area contributed by atoms with Crippen molar-refractivity contribution in [2.75, 3.05) is 0 Å². The Hall–Kier alpha value is -1.23. The number of allylic oxidation sites excluding steroid dienone is 3. The summed E-state index contributed by atoms with van der Waals surface area (Å²) in [5.41, 5.74) is 0.180. The molecule has 0 fully saturated rings. The first-order valence-electron chi connectivity index (χ1n) is 5.34. The lowest BCUT2D eigenvalue weighted by molar-refractivity contribution is 0.447. The molecule has 0 saturated carbocycles. The molecule has 0 amide bonds. The molecule has 18 heavy (non-hydrogen) atoms.